The number of pyridine rings is 1. The van der Waals surface area contributed by atoms with Crippen molar-refractivity contribution in [1.29, 1.82) is 0 Å². The predicted octanol–water partition coefficient (Wildman–Crippen LogP) is 4.17. The molecule has 0 aromatic carbocycles. The van der Waals surface area contributed by atoms with Crippen LogP contribution in [0.5, 0.6) is 0 Å². The second-order valence-corrected chi connectivity index (χ2v) is 6.40. The summed E-state index contributed by atoms with van der Waals surface area (Å²) >= 11 is 8.74. The van der Waals surface area contributed by atoms with Crippen molar-refractivity contribution in [2.45, 2.75) is 0 Å². The number of rotatable bonds is 3. The van der Waals surface area contributed by atoms with Crippen LogP contribution in [-0.2, 0) is 0 Å². The van der Waals surface area contributed by atoms with E-state index in [-0.39, 0.29) is 5.91 Å². The molecule has 100 valence electrons. The normalized spacial score (nSPS) is 10.4. The Labute approximate surface area is 128 Å². The SMILES string of the molecule is O=C(Nc1nc(-c2ccc(Cl)s2)cs1)c1ccncc1. The molecule has 3 aromatic heterocycles. The van der Waals surface area contributed by atoms with Crippen LogP contribution in [0.2, 0.25) is 4.34 Å². The Morgan fingerprint density at radius 1 is 1.20 bits per heavy atom. The Morgan fingerprint density at radius 2 is 2.00 bits per heavy atom. The number of halogens is 1. The lowest BCUT2D eigenvalue weighted by molar-refractivity contribution is 0.102. The van der Waals surface area contributed by atoms with Crippen LogP contribution in [0, 0.1) is 0 Å². The van der Waals surface area contributed by atoms with Gasteiger partial charge in [-0.1, -0.05) is 11.6 Å². The van der Waals surface area contributed by atoms with Crippen molar-refractivity contribution >= 4 is 45.3 Å². The summed E-state index contributed by atoms with van der Waals surface area (Å²) in [5.74, 6) is -0.197. The van der Waals surface area contributed by atoms with Gasteiger partial charge in [0.1, 0.15) is 0 Å². The quantitative estimate of drug-likeness (QED) is 0.787. The monoisotopic (exact) mass is 321 g/mol. The van der Waals surface area contributed by atoms with E-state index in [1.807, 2.05) is 17.5 Å². The molecule has 0 aliphatic carbocycles. The van der Waals surface area contributed by atoms with E-state index in [0.29, 0.717) is 10.7 Å². The fraction of sp³-hybridized carbons (Fsp3) is 0. The molecule has 3 aromatic rings. The van der Waals surface area contributed by atoms with Gasteiger partial charge in [0.05, 0.1) is 14.9 Å². The average molecular weight is 322 g/mol. The zero-order valence-electron chi connectivity index (χ0n) is 10.0. The highest BCUT2D eigenvalue weighted by Crippen LogP contribution is 2.32. The second kappa shape index (κ2) is 5.70. The molecule has 4 nitrogen and oxygen atoms in total. The van der Waals surface area contributed by atoms with Gasteiger partial charge in [-0.2, -0.15) is 0 Å². The van der Waals surface area contributed by atoms with Gasteiger partial charge in [0.2, 0.25) is 0 Å². The van der Waals surface area contributed by atoms with Gasteiger partial charge in [0.25, 0.3) is 5.91 Å². The Hall–Kier alpha value is -1.76. The van der Waals surface area contributed by atoms with Gasteiger partial charge in [-0.25, -0.2) is 4.98 Å². The zero-order valence-corrected chi connectivity index (χ0v) is 12.4. The van der Waals surface area contributed by atoms with E-state index in [2.05, 4.69) is 15.3 Å². The summed E-state index contributed by atoms with van der Waals surface area (Å²) < 4.78 is 0.718. The van der Waals surface area contributed by atoms with Crippen LogP contribution in [0.1, 0.15) is 10.4 Å². The molecule has 0 aliphatic heterocycles. The summed E-state index contributed by atoms with van der Waals surface area (Å²) in [4.78, 5) is 21.2. The third kappa shape index (κ3) is 2.87. The molecule has 0 saturated carbocycles. The fourth-order valence-electron chi connectivity index (χ4n) is 1.57. The van der Waals surface area contributed by atoms with Gasteiger partial charge in [-0.3, -0.25) is 15.1 Å². The molecule has 0 spiro atoms. The third-order valence-electron chi connectivity index (χ3n) is 2.49. The minimum Gasteiger partial charge on any atom is -0.298 e. The van der Waals surface area contributed by atoms with Gasteiger partial charge in [-0.15, -0.1) is 22.7 Å². The second-order valence-electron chi connectivity index (χ2n) is 3.83. The number of nitrogens with zero attached hydrogens (tertiary/aromatic N) is 2. The van der Waals surface area contributed by atoms with Crippen molar-refractivity contribution in [1.82, 2.24) is 9.97 Å². The fourth-order valence-corrected chi connectivity index (χ4v) is 3.35. The number of aromatic nitrogens is 2. The number of hydrogen-bond acceptors (Lipinski definition) is 5. The molecule has 0 atom stereocenters. The van der Waals surface area contributed by atoms with Crippen molar-refractivity contribution in [3.05, 3.63) is 51.9 Å². The van der Waals surface area contributed by atoms with Crippen LogP contribution < -0.4 is 5.32 Å². The minimum absolute atomic E-state index is 0.197. The summed E-state index contributed by atoms with van der Waals surface area (Å²) in [6, 6.07) is 7.05. The van der Waals surface area contributed by atoms with Gasteiger partial charge in [0.15, 0.2) is 5.13 Å². The van der Waals surface area contributed by atoms with Crippen LogP contribution in [0.25, 0.3) is 10.6 Å². The molecule has 0 aliphatic rings. The molecule has 0 bridgehead atoms. The number of thiophene rings is 1. The zero-order chi connectivity index (χ0) is 13.9. The topological polar surface area (TPSA) is 54.9 Å². The molecule has 1 N–H and O–H groups in total. The lowest BCUT2D eigenvalue weighted by atomic mass is 10.2. The highest BCUT2D eigenvalue weighted by atomic mass is 35.5. The maximum Gasteiger partial charge on any atom is 0.257 e. The number of carbonyl (C=O) groups excluding carboxylic acids is 1. The molecule has 1 amide bonds. The largest absolute Gasteiger partial charge is 0.298 e. The summed E-state index contributed by atoms with van der Waals surface area (Å²) in [5.41, 5.74) is 1.37. The maximum atomic E-state index is 12.0. The Bertz CT molecular complexity index is 739. The molecule has 0 unspecified atom stereocenters. The number of hydrogen-bond donors (Lipinski definition) is 1. The Balaban J connectivity index is 1.76. The summed E-state index contributed by atoms with van der Waals surface area (Å²) in [6.45, 7) is 0. The summed E-state index contributed by atoms with van der Waals surface area (Å²) in [7, 11) is 0. The van der Waals surface area contributed by atoms with Crippen LogP contribution in [0.4, 0.5) is 5.13 Å². The first kappa shape index (κ1) is 13.2. The van der Waals surface area contributed by atoms with E-state index in [1.165, 1.54) is 22.7 Å². The predicted molar refractivity (Wildman–Crippen MR) is 82.6 cm³/mol. The van der Waals surface area contributed by atoms with Crippen LogP contribution >= 0.6 is 34.3 Å². The summed E-state index contributed by atoms with van der Waals surface area (Å²) in [6.07, 6.45) is 3.16. The minimum atomic E-state index is -0.197. The molecule has 0 saturated heterocycles. The van der Waals surface area contributed by atoms with Crippen molar-refractivity contribution < 1.29 is 4.79 Å². The van der Waals surface area contributed by atoms with E-state index in [0.717, 1.165) is 14.9 Å². The van der Waals surface area contributed by atoms with Gasteiger partial charge in [0, 0.05) is 23.3 Å². The Morgan fingerprint density at radius 3 is 2.70 bits per heavy atom. The molecule has 3 rings (SSSR count). The standard InChI is InChI=1S/C13H8ClN3OS2/c14-11-2-1-10(20-11)9-7-19-13(16-9)17-12(18)8-3-5-15-6-4-8/h1-7H,(H,16,17,18). The molecule has 7 heteroatoms. The molecule has 3 heterocycles. The Kier molecular flexibility index (Phi) is 3.77. The molecular weight excluding hydrogens is 314 g/mol. The van der Waals surface area contributed by atoms with Gasteiger partial charge < -0.3 is 0 Å². The van der Waals surface area contributed by atoms with Crippen molar-refractivity contribution in [2.24, 2.45) is 0 Å². The van der Waals surface area contributed by atoms with Crippen LogP contribution in [0.3, 0.4) is 0 Å². The first-order valence-electron chi connectivity index (χ1n) is 5.65. The number of nitrogens with one attached hydrogen (secondary N) is 1. The smallest absolute Gasteiger partial charge is 0.257 e. The van der Waals surface area contributed by atoms with E-state index in [4.69, 9.17) is 11.6 Å². The summed E-state index contributed by atoms with van der Waals surface area (Å²) in [5, 5.41) is 5.22. The lowest BCUT2D eigenvalue weighted by Gasteiger charge is -2.00. The number of carbonyl (C=O) groups is 1. The van der Waals surface area contributed by atoms with Gasteiger partial charge >= 0.3 is 0 Å². The van der Waals surface area contributed by atoms with E-state index in [1.54, 1.807) is 24.5 Å². The average Bonchev–Trinajstić information content (AvgIpc) is 3.09. The molecular formula is C13H8ClN3OS2. The molecule has 0 fully saturated rings. The highest BCUT2D eigenvalue weighted by Gasteiger charge is 2.10. The number of amides is 1. The van der Waals surface area contributed by atoms with Crippen LogP contribution in [-0.4, -0.2) is 15.9 Å². The first-order valence-corrected chi connectivity index (χ1v) is 7.72. The van der Waals surface area contributed by atoms with E-state index in [9.17, 15) is 4.79 Å². The van der Waals surface area contributed by atoms with E-state index < -0.39 is 0 Å². The highest BCUT2D eigenvalue weighted by molar-refractivity contribution is 7.20. The third-order valence-corrected chi connectivity index (χ3v) is 4.50. The van der Waals surface area contributed by atoms with Crippen molar-refractivity contribution in [3.63, 3.8) is 0 Å². The number of anilines is 1. The van der Waals surface area contributed by atoms with E-state index >= 15 is 0 Å². The molecule has 20 heavy (non-hydrogen) atoms. The van der Waals surface area contributed by atoms with Crippen molar-refractivity contribution in [2.75, 3.05) is 5.32 Å². The molecule has 0 radical (unpaired) electrons. The van der Waals surface area contributed by atoms with Gasteiger partial charge in [-0.05, 0) is 24.3 Å². The first-order chi connectivity index (χ1) is 9.72. The maximum absolute atomic E-state index is 12.0. The van der Waals surface area contributed by atoms with Crippen molar-refractivity contribution in [3.8, 4) is 10.6 Å². The lowest BCUT2D eigenvalue weighted by Crippen LogP contribution is -2.11. The van der Waals surface area contributed by atoms with Crippen LogP contribution in [0.15, 0.2) is 42.0 Å². The number of thiazole rings is 1.